The SMILES string of the molecule is Cn1cnc(CCNCc2cccc3c2OCCO3)n1. The summed E-state index contributed by atoms with van der Waals surface area (Å²) in [6.07, 6.45) is 2.53. The zero-order valence-corrected chi connectivity index (χ0v) is 11.5. The number of nitrogens with zero attached hydrogens (tertiary/aromatic N) is 3. The minimum atomic E-state index is 0.613. The molecule has 2 heterocycles. The zero-order chi connectivity index (χ0) is 13.8. The van der Waals surface area contributed by atoms with Gasteiger partial charge in [0.25, 0.3) is 0 Å². The third-order valence-corrected chi connectivity index (χ3v) is 3.14. The molecule has 1 N–H and O–H groups in total. The second-order valence-corrected chi connectivity index (χ2v) is 4.70. The van der Waals surface area contributed by atoms with Gasteiger partial charge in [0.1, 0.15) is 19.5 Å². The van der Waals surface area contributed by atoms with Crippen LogP contribution in [0.15, 0.2) is 24.5 Å². The molecule has 6 heteroatoms. The summed E-state index contributed by atoms with van der Waals surface area (Å²) in [6, 6.07) is 5.99. The molecule has 0 unspecified atom stereocenters. The molecule has 0 saturated heterocycles. The van der Waals surface area contributed by atoms with Crippen LogP contribution in [0.4, 0.5) is 0 Å². The Hall–Kier alpha value is -2.08. The molecule has 1 aromatic carbocycles. The van der Waals surface area contributed by atoms with Gasteiger partial charge in [0, 0.05) is 32.1 Å². The molecule has 0 atom stereocenters. The van der Waals surface area contributed by atoms with Crippen molar-refractivity contribution >= 4 is 0 Å². The van der Waals surface area contributed by atoms with Crippen molar-refractivity contribution in [2.45, 2.75) is 13.0 Å². The summed E-state index contributed by atoms with van der Waals surface area (Å²) in [6.45, 7) is 2.81. The fraction of sp³-hybridized carbons (Fsp3) is 0.429. The molecule has 0 spiro atoms. The number of fused-ring (bicyclic) bond motifs is 1. The standard InChI is InChI=1S/C14H18N4O2/c1-18-10-16-13(17-18)5-6-15-9-11-3-2-4-12-14(11)20-8-7-19-12/h2-4,10,15H,5-9H2,1H3. The number of rotatable bonds is 5. The largest absolute Gasteiger partial charge is 0.486 e. The van der Waals surface area contributed by atoms with Gasteiger partial charge in [-0.05, 0) is 6.07 Å². The second kappa shape index (κ2) is 5.92. The summed E-state index contributed by atoms with van der Waals surface area (Å²) < 4.78 is 13.0. The van der Waals surface area contributed by atoms with Gasteiger partial charge < -0.3 is 14.8 Å². The van der Waals surface area contributed by atoms with Crippen LogP contribution >= 0.6 is 0 Å². The number of aromatic nitrogens is 3. The van der Waals surface area contributed by atoms with E-state index in [1.54, 1.807) is 11.0 Å². The predicted octanol–water partition coefficient (Wildman–Crippen LogP) is 0.919. The highest BCUT2D eigenvalue weighted by atomic mass is 16.6. The van der Waals surface area contributed by atoms with Crippen molar-refractivity contribution in [3.8, 4) is 11.5 Å². The Morgan fingerprint density at radius 3 is 3.05 bits per heavy atom. The van der Waals surface area contributed by atoms with Gasteiger partial charge in [-0.2, -0.15) is 5.10 Å². The number of hydrogen-bond donors (Lipinski definition) is 1. The fourth-order valence-electron chi connectivity index (χ4n) is 2.20. The second-order valence-electron chi connectivity index (χ2n) is 4.70. The van der Waals surface area contributed by atoms with E-state index >= 15 is 0 Å². The molecule has 0 aliphatic carbocycles. The van der Waals surface area contributed by atoms with E-state index in [0.29, 0.717) is 13.2 Å². The van der Waals surface area contributed by atoms with E-state index in [1.807, 2.05) is 19.2 Å². The number of benzene rings is 1. The molecule has 20 heavy (non-hydrogen) atoms. The van der Waals surface area contributed by atoms with Crippen LogP contribution in [0.3, 0.4) is 0 Å². The molecule has 0 amide bonds. The van der Waals surface area contributed by atoms with Crippen LogP contribution < -0.4 is 14.8 Å². The first-order valence-electron chi connectivity index (χ1n) is 6.75. The van der Waals surface area contributed by atoms with Crippen LogP contribution in [0.2, 0.25) is 0 Å². The number of aryl methyl sites for hydroxylation is 1. The van der Waals surface area contributed by atoms with Crippen LogP contribution in [0.1, 0.15) is 11.4 Å². The van der Waals surface area contributed by atoms with Gasteiger partial charge in [-0.25, -0.2) is 4.98 Å². The van der Waals surface area contributed by atoms with E-state index in [0.717, 1.165) is 42.4 Å². The first kappa shape index (κ1) is 12.9. The highest BCUT2D eigenvalue weighted by Crippen LogP contribution is 2.33. The molecule has 0 fully saturated rings. The maximum atomic E-state index is 5.68. The normalized spacial score (nSPS) is 13.4. The van der Waals surface area contributed by atoms with Crippen molar-refractivity contribution in [1.82, 2.24) is 20.1 Å². The summed E-state index contributed by atoms with van der Waals surface area (Å²) in [5.41, 5.74) is 1.12. The Labute approximate surface area is 117 Å². The van der Waals surface area contributed by atoms with E-state index < -0.39 is 0 Å². The van der Waals surface area contributed by atoms with Gasteiger partial charge in [0.15, 0.2) is 17.3 Å². The lowest BCUT2D eigenvalue weighted by Gasteiger charge is -2.21. The maximum absolute atomic E-state index is 5.68. The van der Waals surface area contributed by atoms with E-state index in [-0.39, 0.29) is 0 Å². The highest BCUT2D eigenvalue weighted by molar-refractivity contribution is 5.47. The molecule has 1 aromatic heterocycles. The number of ether oxygens (including phenoxy) is 2. The Bertz CT molecular complexity index is 582. The van der Waals surface area contributed by atoms with Crippen molar-refractivity contribution in [1.29, 1.82) is 0 Å². The fourth-order valence-corrected chi connectivity index (χ4v) is 2.20. The lowest BCUT2D eigenvalue weighted by molar-refractivity contribution is 0.169. The molecule has 3 rings (SSSR count). The van der Waals surface area contributed by atoms with Crippen molar-refractivity contribution in [2.24, 2.45) is 7.05 Å². The summed E-state index contributed by atoms with van der Waals surface area (Å²) in [4.78, 5) is 4.20. The summed E-state index contributed by atoms with van der Waals surface area (Å²) in [5.74, 6) is 2.55. The topological polar surface area (TPSA) is 61.2 Å². The Morgan fingerprint density at radius 2 is 2.20 bits per heavy atom. The molecular formula is C14H18N4O2. The van der Waals surface area contributed by atoms with Crippen molar-refractivity contribution in [3.63, 3.8) is 0 Å². The van der Waals surface area contributed by atoms with Crippen molar-refractivity contribution in [2.75, 3.05) is 19.8 Å². The Balaban J connectivity index is 1.53. The molecule has 0 saturated carbocycles. The maximum Gasteiger partial charge on any atom is 0.165 e. The predicted molar refractivity (Wildman–Crippen MR) is 73.8 cm³/mol. The molecule has 106 valence electrons. The molecule has 1 aliphatic heterocycles. The lowest BCUT2D eigenvalue weighted by atomic mass is 10.1. The molecule has 0 bridgehead atoms. The van der Waals surface area contributed by atoms with Crippen LogP contribution in [0.25, 0.3) is 0 Å². The summed E-state index contributed by atoms with van der Waals surface area (Å²) in [5, 5.41) is 7.63. The average molecular weight is 274 g/mol. The van der Waals surface area contributed by atoms with Crippen LogP contribution in [0.5, 0.6) is 11.5 Å². The summed E-state index contributed by atoms with van der Waals surface area (Å²) >= 11 is 0. The Morgan fingerprint density at radius 1 is 1.30 bits per heavy atom. The average Bonchev–Trinajstić information content (AvgIpc) is 2.89. The van der Waals surface area contributed by atoms with Gasteiger partial charge in [-0.3, -0.25) is 4.68 Å². The first-order chi connectivity index (χ1) is 9.83. The smallest absolute Gasteiger partial charge is 0.165 e. The van der Waals surface area contributed by atoms with Gasteiger partial charge >= 0.3 is 0 Å². The van der Waals surface area contributed by atoms with E-state index in [1.165, 1.54) is 0 Å². The van der Waals surface area contributed by atoms with Crippen LogP contribution in [-0.4, -0.2) is 34.5 Å². The van der Waals surface area contributed by atoms with Crippen molar-refractivity contribution < 1.29 is 9.47 Å². The minimum Gasteiger partial charge on any atom is -0.486 e. The Kier molecular flexibility index (Phi) is 3.83. The van der Waals surface area contributed by atoms with E-state index in [2.05, 4.69) is 21.5 Å². The molecule has 0 radical (unpaired) electrons. The summed E-state index contributed by atoms with van der Waals surface area (Å²) in [7, 11) is 1.87. The quantitative estimate of drug-likeness (QED) is 0.822. The van der Waals surface area contributed by atoms with Gasteiger partial charge in [0.05, 0.1) is 0 Å². The highest BCUT2D eigenvalue weighted by Gasteiger charge is 2.14. The zero-order valence-electron chi connectivity index (χ0n) is 11.5. The molecular weight excluding hydrogens is 256 g/mol. The lowest BCUT2D eigenvalue weighted by Crippen LogP contribution is -2.20. The first-order valence-corrected chi connectivity index (χ1v) is 6.75. The minimum absolute atomic E-state index is 0.613. The van der Waals surface area contributed by atoms with Crippen molar-refractivity contribution in [3.05, 3.63) is 35.9 Å². The van der Waals surface area contributed by atoms with E-state index in [4.69, 9.17) is 9.47 Å². The third-order valence-electron chi connectivity index (χ3n) is 3.14. The van der Waals surface area contributed by atoms with Gasteiger partial charge in [-0.1, -0.05) is 12.1 Å². The molecule has 6 nitrogen and oxygen atoms in total. The molecule has 2 aromatic rings. The van der Waals surface area contributed by atoms with E-state index in [9.17, 15) is 0 Å². The number of hydrogen-bond acceptors (Lipinski definition) is 5. The van der Waals surface area contributed by atoms with Gasteiger partial charge in [-0.15, -0.1) is 0 Å². The number of para-hydroxylation sites is 1. The number of nitrogens with one attached hydrogen (secondary N) is 1. The third kappa shape index (κ3) is 2.91. The van der Waals surface area contributed by atoms with Crippen LogP contribution in [-0.2, 0) is 20.0 Å². The van der Waals surface area contributed by atoms with Gasteiger partial charge in [0.2, 0.25) is 0 Å². The molecule has 1 aliphatic rings. The monoisotopic (exact) mass is 274 g/mol. The van der Waals surface area contributed by atoms with Crippen LogP contribution in [0, 0.1) is 0 Å².